The van der Waals surface area contributed by atoms with Crippen LogP contribution in [0.3, 0.4) is 0 Å². The molecule has 2 saturated carbocycles. The summed E-state index contributed by atoms with van der Waals surface area (Å²) >= 11 is 0. The monoisotopic (exact) mass is 191 g/mol. The van der Waals surface area contributed by atoms with E-state index in [4.69, 9.17) is 5.26 Å². The van der Waals surface area contributed by atoms with Crippen molar-refractivity contribution in [2.45, 2.75) is 19.3 Å². The van der Waals surface area contributed by atoms with E-state index in [2.05, 4.69) is 17.4 Å². The molecular formula is C11H13NO2. The Balaban J connectivity index is 2.11. The molecule has 3 atom stereocenters. The molecule has 2 aliphatic carbocycles. The van der Waals surface area contributed by atoms with Gasteiger partial charge in [0.15, 0.2) is 0 Å². The highest BCUT2D eigenvalue weighted by atomic mass is 16.5. The summed E-state index contributed by atoms with van der Waals surface area (Å²) in [7, 11) is 1.37. The number of esters is 1. The van der Waals surface area contributed by atoms with Crippen LogP contribution in [0.4, 0.5) is 0 Å². The van der Waals surface area contributed by atoms with Crippen molar-refractivity contribution in [3.8, 4) is 6.07 Å². The van der Waals surface area contributed by atoms with Gasteiger partial charge in [-0.3, -0.25) is 0 Å². The first-order chi connectivity index (χ1) is 6.64. The Bertz CT molecular complexity index is 342. The Hall–Kier alpha value is -1.30. The van der Waals surface area contributed by atoms with Crippen molar-refractivity contribution in [3.05, 3.63) is 12.2 Å². The number of ether oxygens (including phenoxy) is 1. The van der Waals surface area contributed by atoms with Gasteiger partial charge in [-0.15, -0.1) is 0 Å². The second-order valence-electron chi connectivity index (χ2n) is 4.29. The van der Waals surface area contributed by atoms with E-state index in [0.29, 0.717) is 11.5 Å². The molecule has 0 heterocycles. The van der Waals surface area contributed by atoms with Crippen LogP contribution in [0.25, 0.3) is 0 Å². The van der Waals surface area contributed by atoms with E-state index in [1.54, 1.807) is 0 Å². The largest absolute Gasteiger partial charge is 0.466 e. The first kappa shape index (κ1) is 9.26. The standard InChI is InChI=1S/C11H13NO2/c1-7(10(13)14-2)11-4-8(6-12)3-9(11)5-11/h8-9H,1,3-5H2,2H3. The lowest BCUT2D eigenvalue weighted by Gasteiger charge is -2.13. The third kappa shape index (κ3) is 1.07. The second kappa shape index (κ2) is 2.84. The third-order valence-electron chi connectivity index (χ3n) is 3.63. The Kier molecular flexibility index (Phi) is 1.88. The zero-order chi connectivity index (χ0) is 10.3. The van der Waals surface area contributed by atoms with Crippen molar-refractivity contribution in [1.82, 2.24) is 0 Å². The number of hydrogen-bond acceptors (Lipinski definition) is 3. The number of carbonyl (C=O) groups excluding carboxylic acids is 1. The highest BCUT2D eigenvalue weighted by Crippen LogP contribution is 2.68. The molecule has 2 aliphatic rings. The molecule has 74 valence electrons. The molecule has 0 spiro atoms. The Morgan fingerprint density at radius 2 is 2.36 bits per heavy atom. The molecule has 3 nitrogen and oxygen atoms in total. The number of nitrogens with zero attached hydrogens (tertiary/aromatic N) is 1. The van der Waals surface area contributed by atoms with E-state index in [1.807, 2.05) is 0 Å². The maximum absolute atomic E-state index is 11.3. The van der Waals surface area contributed by atoms with Gasteiger partial charge in [0.1, 0.15) is 0 Å². The van der Waals surface area contributed by atoms with E-state index in [9.17, 15) is 4.79 Å². The molecule has 0 aromatic heterocycles. The van der Waals surface area contributed by atoms with E-state index < -0.39 is 0 Å². The van der Waals surface area contributed by atoms with Crippen molar-refractivity contribution in [1.29, 1.82) is 5.26 Å². The van der Waals surface area contributed by atoms with E-state index >= 15 is 0 Å². The topological polar surface area (TPSA) is 50.1 Å². The molecule has 2 fully saturated rings. The van der Waals surface area contributed by atoms with Gasteiger partial charge in [-0.05, 0) is 25.2 Å². The van der Waals surface area contributed by atoms with Gasteiger partial charge in [0.25, 0.3) is 0 Å². The van der Waals surface area contributed by atoms with Gasteiger partial charge in [0.2, 0.25) is 0 Å². The predicted molar refractivity (Wildman–Crippen MR) is 50.0 cm³/mol. The first-order valence-electron chi connectivity index (χ1n) is 4.81. The molecule has 0 N–H and O–H groups in total. The van der Waals surface area contributed by atoms with Crippen molar-refractivity contribution < 1.29 is 9.53 Å². The molecule has 0 aromatic carbocycles. The molecule has 3 unspecified atom stereocenters. The summed E-state index contributed by atoms with van der Waals surface area (Å²) in [5.74, 6) is 0.292. The van der Waals surface area contributed by atoms with Crippen molar-refractivity contribution >= 4 is 5.97 Å². The lowest BCUT2D eigenvalue weighted by molar-refractivity contribution is -0.136. The fraction of sp³-hybridized carbons (Fsp3) is 0.636. The SMILES string of the molecule is C=C(C(=O)OC)C12CC(C#N)CC1C2. The Labute approximate surface area is 83.4 Å². The van der Waals surface area contributed by atoms with Crippen molar-refractivity contribution in [2.75, 3.05) is 7.11 Å². The fourth-order valence-corrected chi connectivity index (χ4v) is 2.72. The van der Waals surface area contributed by atoms with Crippen LogP contribution in [0.2, 0.25) is 0 Å². The summed E-state index contributed by atoms with van der Waals surface area (Å²) in [4.78, 5) is 11.3. The highest BCUT2D eigenvalue weighted by molar-refractivity contribution is 5.90. The molecule has 3 heteroatoms. The average molecular weight is 191 g/mol. The van der Waals surface area contributed by atoms with Crippen LogP contribution in [-0.4, -0.2) is 13.1 Å². The van der Waals surface area contributed by atoms with E-state index in [-0.39, 0.29) is 17.3 Å². The number of fused-ring (bicyclic) bond motifs is 1. The van der Waals surface area contributed by atoms with Gasteiger partial charge in [-0.2, -0.15) is 5.26 Å². The summed E-state index contributed by atoms with van der Waals surface area (Å²) in [5.41, 5.74) is 0.496. The normalized spacial score (nSPS) is 38.3. The minimum absolute atomic E-state index is 0.0759. The van der Waals surface area contributed by atoms with Crippen LogP contribution in [0.1, 0.15) is 19.3 Å². The van der Waals surface area contributed by atoms with Gasteiger partial charge in [0, 0.05) is 16.9 Å². The summed E-state index contributed by atoms with van der Waals surface area (Å²) in [6, 6.07) is 2.27. The second-order valence-corrected chi connectivity index (χ2v) is 4.29. The number of rotatable bonds is 2. The smallest absolute Gasteiger partial charge is 0.333 e. The molecule has 0 amide bonds. The van der Waals surface area contributed by atoms with Crippen LogP contribution < -0.4 is 0 Å². The summed E-state index contributed by atoms with van der Waals surface area (Å²) in [6.45, 7) is 3.81. The number of hydrogen-bond donors (Lipinski definition) is 0. The van der Waals surface area contributed by atoms with Gasteiger partial charge in [-0.1, -0.05) is 6.58 Å². The lowest BCUT2D eigenvalue weighted by atomic mass is 9.91. The molecule has 0 bridgehead atoms. The zero-order valence-corrected chi connectivity index (χ0v) is 8.25. The van der Waals surface area contributed by atoms with Gasteiger partial charge >= 0.3 is 5.97 Å². The fourth-order valence-electron chi connectivity index (χ4n) is 2.72. The van der Waals surface area contributed by atoms with Gasteiger partial charge < -0.3 is 4.74 Å². The molecule has 0 radical (unpaired) electrons. The molecule has 0 aromatic rings. The number of carbonyl (C=O) groups is 1. The minimum atomic E-state index is -0.314. The quantitative estimate of drug-likeness (QED) is 0.492. The molecular weight excluding hydrogens is 178 g/mol. The van der Waals surface area contributed by atoms with Crippen molar-refractivity contribution in [3.63, 3.8) is 0 Å². The van der Waals surface area contributed by atoms with Crippen LogP contribution in [0.5, 0.6) is 0 Å². The predicted octanol–water partition coefficient (Wildman–Crippen LogP) is 1.66. The molecule has 2 rings (SSSR count). The maximum Gasteiger partial charge on any atom is 0.333 e. The molecule has 0 saturated heterocycles. The minimum Gasteiger partial charge on any atom is -0.466 e. The summed E-state index contributed by atoms with van der Waals surface area (Å²) < 4.78 is 4.66. The molecule has 14 heavy (non-hydrogen) atoms. The lowest BCUT2D eigenvalue weighted by Crippen LogP contribution is -2.15. The highest BCUT2D eigenvalue weighted by Gasteiger charge is 2.63. The summed E-state index contributed by atoms with van der Waals surface area (Å²) in [6.07, 6.45) is 2.73. The molecule has 0 aliphatic heterocycles. The Morgan fingerprint density at radius 3 is 2.86 bits per heavy atom. The Morgan fingerprint density at radius 1 is 1.64 bits per heavy atom. The number of methoxy groups -OCH3 is 1. The van der Waals surface area contributed by atoms with Crippen molar-refractivity contribution in [2.24, 2.45) is 17.3 Å². The van der Waals surface area contributed by atoms with Crippen LogP contribution in [-0.2, 0) is 9.53 Å². The van der Waals surface area contributed by atoms with Crippen LogP contribution >= 0.6 is 0 Å². The number of nitriles is 1. The maximum atomic E-state index is 11.3. The average Bonchev–Trinajstić information content (AvgIpc) is 2.79. The zero-order valence-electron chi connectivity index (χ0n) is 8.25. The third-order valence-corrected chi connectivity index (χ3v) is 3.63. The van der Waals surface area contributed by atoms with Crippen LogP contribution in [0.15, 0.2) is 12.2 Å². The van der Waals surface area contributed by atoms with E-state index in [0.717, 1.165) is 19.3 Å². The van der Waals surface area contributed by atoms with E-state index in [1.165, 1.54) is 7.11 Å². The summed E-state index contributed by atoms with van der Waals surface area (Å²) in [5, 5.41) is 8.80. The van der Waals surface area contributed by atoms with Gasteiger partial charge in [0.05, 0.1) is 13.2 Å². The van der Waals surface area contributed by atoms with Crippen LogP contribution in [0, 0.1) is 28.6 Å². The first-order valence-corrected chi connectivity index (χ1v) is 4.81. The van der Waals surface area contributed by atoms with Gasteiger partial charge in [-0.25, -0.2) is 4.79 Å².